The minimum Gasteiger partial charge on any atom is -0.493 e. The van der Waals surface area contributed by atoms with Crippen LogP contribution in [0.1, 0.15) is 20.8 Å². The van der Waals surface area contributed by atoms with E-state index < -0.39 is 10.0 Å². The van der Waals surface area contributed by atoms with E-state index in [4.69, 9.17) is 9.47 Å². The third-order valence-electron chi connectivity index (χ3n) is 3.01. The molecule has 1 aromatic carbocycles. The van der Waals surface area contributed by atoms with E-state index in [-0.39, 0.29) is 16.9 Å². The summed E-state index contributed by atoms with van der Waals surface area (Å²) in [6.07, 6.45) is 0. The van der Waals surface area contributed by atoms with Gasteiger partial charge in [-0.2, -0.15) is 0 Å². The van der Waals surface area contributed by atoms with Crippen LogP contribution in [-0.4, -0.2) is 28.7 Å². The number of sulfonamides is 1. The summed E-state index contributed by atoms with van der Waals surface area (Å²) in [6.45, 7) is 5.76. The Hall–Kier alpha value is -1.27. The first kappa shape index (κ1) is 15.8. The highest BCUT2D eigenvalue weighted by Crippen LogP contribution is 2.29. The molecule has 0 fully saturated rings. The molecule has 1 atom stereocenters. The van der Waals surface area contributed by atoms with Gasteiger partial charge in [-0.3, -0.25) is 0 Å². The lowest BCUT2D eigenvalue weighted by Gasteiger charge is -2.18. The average Bonchev–Trinajstić information content (AvgIpc) is 2.37. The highest BCUT2D eigenvalue weighted by atomic mass is 32.2. The maximum atomic E-state index is 12.2. The molecule has 0 amide bonds. The van der Waals surface area contributed by atoms with Crippen molar-refractivity contribution < 1.29 is 17.9 Å². The summed E-state index contributed by atoms with van der Waals surface area (Å²) >= 11 is 0. The fourth-order valence-corrected chi connectivity index (χ4v) is 2.84. The minimum atomic E-state index is -3.55. The number of hydrogen-bond donors (Lipinski definition) is 1. The van der Waals surface area contributed by atoms with E-state index in [1.807, 2.05) is 20.8 Å². The summed E-state index contributed by atoms with van der Waals surface area (Å²) in [5.41, 5.74) is 0. The van der Waals surface area contributed by atoms with Crippen molar-refractivity contribution in [3.63, 3.8) is 0 Å². The topological polar surface area (TPSA) is 64.6 Å². The molecule has 0 aliphatic carbocycles. The zero-order valence-electron chi connectivity index (χ0n) is 11.9. The van der Waals surface area contributed by atoms with Crippen LogP contribution in [0.4, 0.5) is 0 Å². The molecule has 1 rings (SSSR count). The lowest BCUT2D eigenvalue weighted by Crippen LogP contribution is -2.36. The van der Waals surface area contributed by atoms with Crippen LogP contribution < -0.4 is 14.2 Å². The highest BCUT2D eigenvalue weighted by Gasteiger charge is 2.20. The zero-order valence-corrected chi connectivity index (χ0v) is 12.7. The standard InChI is InChI=1S/C13H21NO4S/c1-9(2)10(3)14-19(15,16)11-6-7-12(17-4)13(8-11)18-5/h6-10,14H,1-5H3/t10-/m0/s1. The molecule has 5 nitrogen and oxygen atoms in total. The van der Waals surface area contributed by atoms with Gasteiger partial charge < -0.3 is 9.47 Å². The average molecular weight is 287 g/mol. The van der Waals surface area contributed by atoms with E-state index in [0.29, 0.717) is 11.5 Å². The van der Waals surface area contributed by atoms with Crippen LogP contribution in [0.5, 0.6) is 11.5 Å². The Balaban J connectivity index is 3.08. The second kappa shape index (κ2) is 6.25. The van der Waals surface area contributed by atoms with Crippen LogP contribution in [0.3, 0.4) is 0 Å². The van der Waals surface area contributed by atoms with Crippen LogP contribution >= 0.6 is 0 Å². The molecule has 0 unspecified atom stereocenters. The van der Waals surface area contributed by atoms with Gasteiger partial charge in [0.15, 0.2) is 11.5 Å². The highest BCUT2D eigenvalue weighted by molar-refractivity contribution is 7.89. The number of rotatable bonds is 6. The van der Waals surface area contributed by atoms with Gasteiger partial charge in [0.2, 0.25) is 10.0 Å². The predicted molar refractivity (Wildman–Crippen MR) is 74.2 cm³/mol. The van der Waals surface area contributed by atoms with Crippen LogP contribution in [0.2, 0.25) is 0 Å². The lowest BCUT2D eigenvalue weighted by molar-refractivity contribution is 0.354. The fourth-order valence-electron chi connectivity index (χ4n) is 1.43. The first-order valence-corrected chi connectivity index (χ1v) is 7.54. The van der Waals surface area contributed by atoms with E-state index in [0.717, 1.165) is 0 Å². The SMILES string of the molecule is COc1ccc(S(=O)(=O)N[C@@H](C)C(C)C)cc1OC. The smallest absolute Gasteiger partial charge is 0.240 e. The van der Waals surface area contributed by atoms with E-state index in [2.05, 4.69) is 4.72 Å². The van der Waals surface area contributed by atoms with E-state index in [1.165, 1.54) is 26.4 Å². The van der Waals surface area contributed by atoms with Gasteiger partial charge in [-0.1, -0.05) is 13.8 Å². The Morgan fingerprint density at radius 2 is 1.63 bits per heavy atom. The van der Waals surface area contributed by atoms with Crippen molar-refractivity contribution in [2.24, 2.45) is 5.92 Å². The molecule has 19 heavy (non-hydrogen) atoms. The van der Waals surface area contributed by atoms with Crippen molar-refractivity contribution in [3.8, 4) is 11.5 Å². The molecule has 1 aromatic rings. The van der Waals surface area contributed by atoms with Gasteiger partial charge in [-0.15, -0.1) is 0 Å². The van der Waals surface area contributed by atoms with Gasteiger partial charge in [-0.25, -0.2) is 13.1 Å². The fraction of sp³-hybridized carbons (Fsp3) is 0.538. The van der Waals surface area contributed by atoms with E-state index in [9.17, 15) is 8.42 Å². The number of hydrogen-bond acceptors (Lipinski definition) is 4. The Bertz CT molecular complexity index is 525. The van der Waals surface area contributed by atoms with E-state index in [1.54, 1.807) is 6.07 Å². The van der Waals surface area contributed by atoms with Crippen LogP contribution in [-0.2, 0) is 10.0 Å². The molecular formula is C13H21NO4S. The Kier molecular flexibility index (Phi) is 5.20. The molecule has 0 radical (unpaired) electrons. The van der Waals surface area contributed by atoms with Gasteiger partial charge in [0.25, 0.3) is 0 Å². The van der Waals surface area contributed by atoms with Gasteiger partial charge in [0.05, 0.1) is 19.1 Å². The summed E-state index contributed by atoms with van der Waals surface area (Å²) in [5.74, 6) is 1.11. The molecule has 0 heterocycles. The Morgan fingerprint density at radius 1 is 1.05 bits per heavy atom. The van der Waals surface area contributed by atoms with Gasteiger partial charge in [-0.05, 0) is 25.0 Å². The minimum absolute atomic E-state index is 0.141. The van der Waals surface area contributed by atoms with Crippen LogP contribution in [0.15, 0.2) is 23.1 Å². The number of ether oxygens (including phenoxy) is 2. The second-order valence-electron chi connectivity index (χ2n) is 4.67. The van der Waals surface area contributed by atoms with Crippen molar-refractivity contribution >= 4 is 10.0 Å². The second-order valence-corrected chi connectivity index (χ2v) is 6.38. The lowest BCUT2D eigenvalue weighted by atomic mass is 10.1. The molecule has 0 aliphatic heterocycles. The summed E-state index contributed by atoms with van der Waals surface area (Å²) in [6, 6.07) is 4.39. The number of methoxy groups -OCH3 is 2. The van der Waals surface area contributed by atoms with Crippen molar-refractivity contribution in [1.82, 2.24) is 4.72 Å². The Morgan fingerprint density at radius 3 is 2.11 bits per heavy atom. The van der Waals surface area contributed by atoms with Gasteiger partial charge in [0, 0.05) is 12.1 Å². The molecule has 6 heteroatoms. The molecule has 0 spiro atoms. The number of nitrogens with one attached hydrogen (secondary N) is 1. The third-order valence-corrected chi connectivity index (χ3v) is 4.56. The van der Waals surface area contributed by atoms with Crippen LogP contribution in [0, 0.1) is 5.92 Å². The third kappa shape index (κ3) is 3.84. The molecule has 0 saturated carbocycles. The van der Waals surface area contributed by atoms with Crippen molar-refractivity contribution in [3.05, 3.63) is 18.2 Å². The molecular weight excluding hydrogens is 266 g/mol. The first-order chi connectivity index (χ1) is 8.81. The monoisotopic (exact) mass is 287 g/mol. The maximum Gasteiger partial charge on any atom is 0.240 e. The quantitative estimate of drug-likeness (QED) is 0.869. The summed E-state index contributed by atoms with van der Waals surface area (Å²) < 4.78 is 37.2. The summed E-state index contributed by atoms with van der Waals surface area (Å²) in [5, 5.41) is 0. The van der Waals surface area contributed by atoms with Gasteiger partial charge in [0.1, 0.15) is 0 Å². The molecule has 108 valence electrons. The van der Waals surface area contributed by atoms with Crippen molar-refractivity contribution in [1.29, 1.82) is 0 Å². The normalized spacial score (nSPS) is 13.4. The predicted octanol–water partition coefficient (Wildman–Crippen LogP) is 2.03. The molecule has 0 saturated heterocycles. The Labute approximate surface area is 115 Å². The zero-order chi connectivity index (χ0) is 14.6. The van der Waals surface area contributed by atoms with Crippen molar-refractivity contribution in [2.75, 3.05) is 14.2 Å². The molecule has 0 aliphatic rings. The number of benzene rings is 1. The molecule has 1 N–H and O–H groups in total. The molecule has 0 aromatic heterocycles. The molecule has 0 bridgehead atoms. The van der Waals surface area contributed by atoms with Crippen molar-refractivity contribution in [2.45, 2.75) is 31.7 Å². The van der Waals surface area contributed by atoms with E-state index >= 15 is 0 Å². The van der Waals surface area contributed by atoms with Crippen LogP contribution in [0.25, 0.3) is 0 Å². The largest absolute Gasteiger partial charge is 0.493 e. The van der Waals surface area contributed by atoms with Gasteiger partial charge >= 0.3 is 0 Å². The first-order valence-electron chi connectivity index (χ1n) is 6.06. The maximum absolute atomic E-state index is 12.2. The summed E-state index contributed by atoms with van der Waals surface area (Å²) in [7, 11) is -0.572. The summed E-state index contributed by atoms with van der Waals surface area (Å²) in [4.78, 5) is 0.164.